The highest BCUT2D eigenvalue weighted by Crippen LogP contribution is 2.32. The third kappa shape index (κ3) is 3.44. The number of rotatable bonds is 2. The summed E-state index contributed by atoms with van der Waals surface area (Å²) in [7, 11) is 0. The highest BCUT2D eigenvalue weighted by atomic mass is 35.5. The Hall–Kier alpha value is -1.68. The summed E-state index contributed by atoms with van der Waals surface area (Å²) in [5, 5.41) is 2.73. The number of carbonyl (C=O) groups is 1. The predicted octanol–water partition coefficient (Wildman–Crippen LogP) is 6.15. The van der Waals surface area contributed by atoms with Gasteiger partial charge in [0.1, 0.15) is 0 Å². The topological polar surface area (TPSA) is 36.1 Å². The van der Waals surface area contributed by atoms with Gasteiger partial charge in [0.25, 0.3) is 5.91 Å². The number of hydrogen-bond donors (Lipinski definition) is 1. The number of fused-ring (bicyclic) bond motifs is 1. The van der Waals surface area contributed by atoms with Gasteiger partial charge in [-0.05, 0) is 55.3 Å². The Kier molecular flexibility index (Phi) is 4.87. The fourth-order valence-electron chi connectivity index (χ4n) is 3.55. The van der Waals surface area contributed by atoms with Crippen LogP contribution < -0.4 is 0 Å². The van der Waals surface area contributed by atoms with Crippen molar-refractivity contribution in [2.45, 2.75) is 18.8 Å². The molecule has 134 valence electrons. The Balaban J connectivity index is 1.46. The minimum absolute atomic E-state index is 0.00504. The molecule has 0 saturated carbocycles. The first-order valence-corrected chi connectivity index (χ1v) is 9.67. The molecule has 1 amide bonds. The molecule has 1 aliphatic rings. The molecule has 0 radical (unpaired) electrons. The summed E-state index contributed by atoms with van der Waals surface area (Å²) in [4.78, 5) is 18.1. The van der Waals surface area contributed by atoms with Gasteiger partial charge < -0.3 is 9.88 Å². The number of aromatic nitrogens is 1. The maximum Gasteiger partial charge on any atom is 0.253 e. The number of amides is 1. The number of aromatic amines is 1. The lowest BCUT2D eigenvalue weighted by Crippen LogP contribution is -2.38. The van der Waals surface area contributed by atoms with Gasteiger partial charge in [0.2, 0.25) is 0 Å². The Morgan fingerprint density at radius 3 is 2.46 bits per heavy atom. The van der Waals surface area contributed by atoms with Gasteiger partial charge in [0.05, 0.1) is 10.0 Å². The second kappa shape index (κ2) is 7.15. The van der Waals surface area contributed by atoms with Crippen LogP contribution in [0.15, 0.2) is 42.5 Å². The molecule has 1 aromatic heterocycles. The van der Waals surface area contributed by atoms with Crippen LogP contribution in [0.2, 0.25) is 15.1 Å². The van der Waals surface area contributed by atoms with Crippen LogP contribution in [0.4, 0.5) is 0 Å². The van der Waals surface area contributed by atoms with E-state index in [0.29, 0.717) is 21.5 Å². The molecule has 1 saturated heterocycles. The highest BCUT2D eigenvalue weighted by molar-refractivity contribution is 6.42. The van der Waals surface area contributed by atoms with Crippen molar-refractivity contribution in [3.8, 4) is 0 Å². The molecular weight excluding hydrogens is 391 g/mol. The van der Waals surface area contributed by atoms with E-state index in [9.17, 15) is 4.79 Å². The third-order valence-electron chi connectivity index (χ3n) is 4.99. The van der Waals surface area contributed by atoms with Gasteiger partial charge in [-0.2, -0.15) is 0 Å². The number of halogens is 3. The SMILES string of the molecule is O=C(c1ccc(Cl)c(Cl)c1)N1CCC(c2cc3cc(Cl)ccc3[nH]2)CC1. The van der Waals surface area contributed by atoms with Crippen LogP contribution >= 0.6 is 34.8 Å². The fraction of sp³-hybridized carbons (Fsp3) is 0.250. The molecule has 0 atom stereocenters. The standard InChI is InChI=1S/C20H17Cl3N2O/c21-15-2-4-18-14(9-15)11-19(24-18)12-5-7-25(8-6-12)20(26)13-1-3-16(22)17(23)10-13/h1-4,9-12,24H,5-8H2. The molecule has 1 fully saturated rings. The molecule has 2 aromatic carbocycles. The smallest absolute Gasteiger partial charge is 0.253 e. The van der Waals surface area contributed by atoms with Crippen LogP contribution in [0.5, 0.6) is 0 Å². The van der Waals surface area contributed by atoms with Crippen LogP contribution in [0, 0.1) is 0 Å². The molecule has 0 spiro atoms. The van der Waals surface area contributed by atoms with Gasteiger partial charge in [-0.15, -0.1) is 0 Å². The summed E-state index contributed by atoms with van der Waals surface area (Å²) in [6.07, 6.45) is 1.85. The van der Waals surface area contributed by atoms with E-state index < -0.39 is 0 Å². The molecule has 0 bridgehead atoms. The number of H-pyrrole nitrogens is 1. The first-order chi connectivity index (χ1) is 12.5. The molecule has 1 aliphatic heterocycles. The molecule has 2 heterocycles. The first-order valence-electron chi connectivity index (χ1n) is 8.54. The zero-order valence-electron chi connectivity index (χ0n) is 13.9. The summed E-state index contributed by atoms with van der Waals surface area (Å²) >= 11 is 18.0. The number of likely N-dealkylation sites (tertiary alicyclic amines) is 1. The summed E-state index contributed by atoms with van der Waals surface area (Å²) in [5.41, 5.74) is 2.89. The molecule has 0 unspecified atom stereocenters. The zero-order valence-corrected chi connectivity index (χ0v) is 16.2. The van der Waals surface area contributed by atoms with E-state index in [1.165, 1.54) is 5.69 Å². The number of hydrogen-bond acceptors (Lipinski definition) is 1. The molecule has 1 N–H and O–H groups in total. The van der Waals surface area contributed by atoms with E-state index >= 15 is 0 Å². The van der Waals surface area contributed by atoms with Crippen LogP contribution in [-0.2, 0) is 0 Å². The zero-order chi connectivity index (χ0) is 18.3. The van der Waals surface area contributed by atoms with Crippen molar-refractivity contribution in [2.75, 3.05) is 13.1 Å². The Labute approximate surface area is 166 Å². The molecule has 6 heteroatoms. The quantitative estimate of drug-likeness (QED) is 0.543. The van der Waals surface area contributed by atoms with Crippen molar-refractivity contribution in [3.05, 3.63) is 68.8 Å². The lowest BCUT2D eigenvalue weighted by atomic mass is 9.93. The number of piperidine rings is 1. The third-order valence-corrected chi connectivity index (χ3v) is 5.97. The van der Waals surface area contributed by atoms with Crippen molar-refractivity contribution in [3.63, 3.8) is 0 Å². The van der Waals surface area contributed by atoms with Crippen LogP contribution in [0.3, 0.4) is 0 Å². The predicted molar refractivity (Wildman–Crippen MR) is 108 cm³/mol. The Morgan fingerprint density at radius 1 is 0.962 bits per heavy atom. The van der Waals surface area contributed by atoms with Gasteiger partial charge in [-0.3, -0.25) is 4.79 Å². The highest BCUT2D eigenvalue weighted by Gasteiger charge is 2.25. The first kappa shape index (κ1) is 17.7. The normalized spacial score (nSPS) is 15.6. The van der Waals surface area contributed by atoms with Crippen LogP contribution in [-0.4, -0.2) is 28.9 Å². The van der Waals surface area contributed by atoms with Crippen molar-refractivity contribution in [1.82, 2.24) is 9.88 Å². The molecule has 4 rings (SSSR count). The van der Waals surface area contributed by atoms with Crippen LogP contribution in [0.25, 0.3) is 10.9 Å². The van der Waals surface area contributed by atoms with Crippen molar-refractivity contribution < 1.29 is 4.79 Å². The fourth-order valence-corrected chi connectivity index (χ4v) is 4.03. The maximum atomic E-state index is 12.7. The van der Waals surface area contributed by atoms with Crippen molar-refractivity contribution >= 4 is 51.6 Å². The summed E-state index contributed by atoms with van der Waals surface area (Å²) in [5.74, 6) is 0.421. The number of benzene rings is 2. The Bertz CT molecular complexity index is 974. The molecule has 3 nitrogen and oxygen atoms in total. The average Bonchev–Trinajstić information content (AvgIpc) is 3.06. The van der Waals surface area contributed by atoms with E-state index in [0.717, 1.165) is 41.9 Å². The molecule has 26 heavy (non-hydrogen) atoms. The number of nitrogens with zero attached hydrogens (tertiary/aromatic N) is 1. The lowest BCUT2D eigenvalue weighted by Gasteiger charge is -2.31. The maximum absolute atomic E-state index is 12.7. The molecule has 3 aromatic rings. The summed E-state index contributed by atoms with van der Waals surface area (Å²) < 4.78 is 0. The van der Waals surface area contributed by atoms with E-state index in [1.54, 1.807) is 18.2 Å². The minimum atomic E-state index is 0.00504. The van der Waals surface area contributed by atoms with Gasteiger partial charge >= 0.3 is 0 Å². The minimum Gasteiger partial charge on any atom is -0.358 e. The average molecular weight is 408 g/mol. The Morgan fingerprint density at radius 2 is 1.73 bits per heavy atom. The van der Waals surface area contributed by atoms with E-state index in [-0.39, 0.29) is 5.91 Å². The molecular formula is C20H17Cl3N2O. The summed E-state index contributed by atoms with van der Waals surface area (Å²) in [6.45, 7) is 1.44. The number of nitrogens with one attached hydrogen (secondary N) is 1. The van der Waals surface area contributed by atoms with Gasteiger partial charge in [0.15, 0.2) is 0 Å². The second-order valence-electron chi connectivity index (χ2n) is 6.65. The second-order valence-corrected chi connectivity index (χ2v) is 7.90. The van der Waals surface area contributed by atoms with E-state index in [4.69, 9.17) is 34.8 Å². The largest absolute Gasteiger partial charge is 0.358 e. The van der Waals surface area contributed by atoms with E-state index in [1.807, 2.05) is 23.1 Å². The van der Waals surface area contributed by atoms with Crippen molar-refractivity contribution in [1.29, 1.82) is 0 Å². The van der Waals surface area contributed by atoms with Gasteiger partial charge in [0, 0.05) is 46.2 Å². The van der Waals surface area contributed by atoms with E-state index in [2.05, 4.69) is 11.1 Å². The van der Waals surface area contributed by atoms with Gasteiger partial charge in [-0.1, -0.05) is 34.8 Å². The van der Waals surface area contributed by atoms with Crippen molar-refractivity contribution in [2.24, 2.45) is 0 Å². The van der Waals surface area contributed by atoms with Crippen LogP contribution in [0.1, 0.15) is 34.8 Å². The lowest BCUT2D eigenvalue weighted by molar-refractivity contribution is 0.0712. The summed E-state index contributed by atoms with van der Waals surface area (Å²) in [6, 6.07) is 13.1. The monoisotopic (exact) mass is 406 g/mol. The van der Waals surface area contributed by atoms with Gasteiger partial charge in [-0.25, -0.2) is 0 Å². The number of carbonyl (C=O) groups excluding carboxylic acids is 1. The molecule has 0 aliphatic carbocycles.